The number of fused-ring (bicyclic) bond motifs is 8. The highest BCUT2D eigenvalue weighted by Gasteiger charge is 2.49. The maximum Gasteiger partial charge on any atom is 0.207 e. The number of benzene rings is 2. The number of hydrogen-bond acceptors (Lipinski definition) is 9. The number of nitrogens with zero attached hydrogens (tertiary/aromatic N) is 1. The quantitative estimate of drug-likeness (QED) is 0.148. The zero-order valence-electron chi connectivity index (χ0n) is 33.8. The van der Waals surface area contributed by atoms with E-state index in [0.717, 1.165) is 68.9 Å². The van der Waals surface area contributed by atoms with Gasteiger partial charge in [0.05, 0.1) is 12.8 Å². The van der Waals surface area contributed by atoms with Gasteiger partial charge in [0, 0.05) is 51.4 Å². The van der Waals surface area contributed by atoms with Crippen molar-refractivity contribution >= 4 is 17.4 Å². The Hall–Kier alpha value is -4.68. The molecule has 0 aromatic heterocycles. The minimum absolute atomic E-state index is 0.0501. The first kappa shape index (κ1) is 40.5. The van der Waals surface area contributed by atoms with Crippen LogP contribution in [0.4, 0.5) is 5.69 Å². The second-order valence-corrected chi connectivity index (χ2v) is 16.8. The second kappa shape index (κ2) is 17.4. The monoisotopic (exact) mass is 778 g/mol. The van der Waals surface area contributed by atoms with E-state index in [4.69, 9.17) is 18.9 Å². The van der Waals surface area contributed by atoms with E-state index in [9.17, 15) is 15.0 Å². The number of anilines is 1. The van der Waals surface area contributed by atoms with Crippen LogP contribution >= 0.6 is 0 Å². The fourth-order valence-electron chi connectivity index (χ4n) is 10.6. The van der Waals surface area contributed by atoms with Crippen LogP contribution in [0.25, 0.3) is 0 Å². The van der Waals surface area contributed by atoms with Crippen molar-refractivity contribution in [1.29, 1.82) is 0 Å². The Morgan fingerprint density at radius 1 is 1.09 bits per heavy atom. The number of phenolic OH excluding ortho intramolecular Hbond substituents is 1. The molecule has 7 rings (SSSR count). The predicted octanol–water partition coefficient (Wildman–Crippen LogP) is 6.57. The lowest BCUT2D eigenvalue weighted by Crippen LogP contribution is -2.43. The fourth-order valence-corrected chi connectivity index (χ4v) is 10.6. The van der Waals surface area contributed by atoms with Crippen LogP contribution in [0.3, 0.4) is 0 Å². The molecule has 0 amide bonds. The van der Waals surface area contributed by atoms with Crippen molar-refractivity contribution in [2.24, 2.45) is 28.2 Å². The number of nitrogens with one attached hydrogen (secondary N) is 3. The summed E-state index contributed by atoms with van der Waals surface area (Å²) in [4.78, 5) is 19.2. The average molecular weight is 779 g/mol. The first-order valence-corrected chi connectivity index (χ1v) is 20.6. The van der Waals surface area contributed by atoms with Crippen LogP contribution in [0.2, 0.25) is 0 Å². The molecule has 0 unspecified atom stereocenters. The molecule has 6 atom stereocenters. The van der Waals surface area contributed by atoms with Gasteiger partial charge in [0.2, 0.25) is 11.7 Å². The summed E-state index contributed by atoms with van der Waals surface area (Å²) in [6.45, 7) is 0.609. The lowest BCUT2D eigenvalue weighted by molar-refractivity contribution is -0.125. The molecule has 3 saturated carbocycles. The summed E-state index contributed by atoms with van der Waals surface area (Å²) in [7, 11) is 6.72. The van der Waals surface area contributed by atoms with Crippen molar-refractivity contribution in [3.8, 4) is 47.0 Å². The molecular weight excluding hydrogens is 721 g/mol. The van der Waals surface area contributed by atoms with Gasteiger partial charge in [0.15, 0.2) is 29.3 Å². The van der Waals surface area contributed by atoms with Gasteiger partial charge < -0.3 is 39.8 Å². The van der Waals surface area contributed by atoms with E-state index in [-0.39, 0.29) is 34.7 Å². The average Bonchev–Trinajstić information content (AvgIpc) is 3.93. The molecule has 2 heterocycles. The Kier molecular flexibility index (Phi) is 12.4. The van der Waals surface area contributed by atoms with Crippen molar-refractivity contribution in [2.45, 2.75) is 107 Å². The van der Waals surface area contributed by atoms with E-state index in [2.05, 4.69) is 63.1 Å². The largest absolute Gasteiger partial charge is 0.504 e. The van der Waals surface area contributed by atoms with Crippen LogP contribution < -0.4 is 30.2 Å². The molecule has 57 heavy (non-hydrogen) atoms. The van der Waals surface area contributed by atoms with Crippen molar-refractivity contribution in [1.82, 2.24) is 10.6 Å². The number of aliphatic hydroxyl groups excluding tert-OH is 1. The lowest BCUT2D eigenvalue weighted by Gasteiger charge is -2.35. The number of carbonyl (C=O) groups is 1. The van der Waals surface area contributed by atoms with E-state index in [1.54, 1.807) is 20.2 Å². The molecule has 5 N–H and O–H groups in total. The molecule has 11 nitrogen and oxygen atoms in total. The number of rotatable bonds is 8. The number of carbonyl (C=O) groups excluding carboxylic acids is 1. The fraction of sp³-hybridized carbons (Fsp3) is 0.565. The van der Waals surface area contributed by atoms with E-state index in [0.29, 0.717) is 67.5 Å². The summed E-state index contributed by atoms with van der Waals surface area (Å²) in [5.74, 6) is 9.15. The zero-order valence-corrected chi connectivity index (χ0v) is 33.8. The predicted molar refractivity (Wildman–Crippen MR) is 220 cm³/mol. The Morgan fingerprint density at radius 3 is 2.70 bits per heavy atom. The standard InChI is InChI=1S/C46H58N4O7/c1-47-30-45-28-32(33(29-45)24-41(53)55-4)11-10-22-56-42-36-25-35(26-39(42)57-45)44(17-5-6-18-44)19-8-14-40(52)46(27-31-15-16-37(51)38(23-31)54-3)20-7-12-34(46)13-9-21-49-43(48-2)50-36/h8,14-16,23,25-26,32-34,41,47,51,53H,5-7,11-13,17-20,24,27-30H2,1-4H3,(H2,48,49,50)/b14-8+/t32-,33-,34-,41+,45+,46-/m0/s1. The first-order chi connectivity index (χ1) is 27.6. The van der Waals surface area contributed by atoms with Gasteiger partial charge in [-0.15, -0.1) is 0 Å². The topological polar surface area (TPSA) is 143 Å². The van der Waals surface area contributed by atoms with Gasteiger partial charge in [-0.25, -0.2) is 0 Å². The van der Waals surface area contributed by atoms with Crippen molar-refractivity contribution in [2.75, 3.05) is 40.2 Å². The molecule has 5 aliphatic rings. The van der Waals surface area contributed by atoms with E-state index >= 15 is 0 Å². The first-order valence-electron chi connectivity index (χ1n) is 20.6. The van der Waals surface area contributed by atoms with E-state index < -0.39 is 17.3 Å². The lowest BCUT2D eigenvalue weighted by atomic mass is 9.68. The van der Waals surface area contributed by atoms with Gasteiger partial charge in [-0.3, -0.25) is 15.1 Å². The van der Waals surface area contributed by atoms with Gasteiger partial charge >= 0.3 is 0 Å². The third kappa shape index (κ3) is 8.48. The van der Waals surface area contributed by atoms with Crippen LogP contribution in [0.15, 0.2) is 47.5 Å². The number of aliphatic hydroxyl groups is 1. The van der Waals surface area contributed by atoms with Gasteiger partial charge in [0.1, 0.15) is 11.7 Å². The number of aliphatic imine (C=N–C) groups is 1. The third-order valence-corrected chi connectivity index (χ3v) is 13.4. The van der Waals surface area contributed by atoms with Crippen LogP contribution in [0.1, 0.15) is 94.6 Å². The molecule has 1 spiro atoms. The summed E-state index contributed by atoms with van der Waals surface area (Å²) < 4.78 is 24.3. The summed E-state index contributed by atoms with van der Waals surface area (Å²) in [5.41, 5.74) is 1.27. The van der Waals surface area contributed by atoms with Gasteiger partial charge in [0.25, 0.3) is 0 Å². The molecule has 2 aromatic carbocycles. The van der Waals surface area contributed by atoms with E-state index in [1.807, 2.05) is 25.3 Å². The summed E-state index contributed by atoms with van der Waals surface area (Å²) in [6.07, 6.45) is 17.1. The highest BCUT2D eigenvalue weighted by atomic mass is 16.6. The Balaban J connectivity index is 1.30. The van der Waals surface area contributed by atoms with Crippen LogP contribution in [-0.2, 0) is 21.4 Å². The molecule has 3 fully saturated rings. The maximum absolute atomic E-state index is 14.7. The molecule has 2 aromatic rings. The van der Waals surface area contributed by atoms with Crippen molar-refractivity contribution in [3.05, 3.63) is 53.6 Å². The third-order valence-electron chi connectivity index (χ3n) is 13.4. The molecule has 11 heteroatoms. The number of allylic oxidation sites excluding steroid dienone is 2. The van der Waals surface area contributed by atoms with E-state index in [1.165, 1.54) is 7.11 Å². The second-order valence-electron chi connectivity index (χ2n) is 16.8. The molecule has 0 radical (unpaired) electrons. The minimum atomic E-state index is -0.859. The summed E-state index contributed by atoms with van der Waals surface area (Å²) >= 11 is 0. The van der Waals surface area contributed by atoms with Gasteiger partial charge in [-0.05, 0) is 123 Å². The highest BCUT2D eigenvalue weighted by molar-refractivity contribution is 5.97. The number of ether oxygens (including phenoxy) is 4. The Bertz CT molecular complexity index is 1980. The van der Waals surface area contributed by atoms with Crippen LogP contribution in [-0.4, -0.2) is 68.7 Å². The van der Waals surface area contributed by atoms with Crippen LogP contribution in [0, 0.1) is 47.2 Å². The summed E-state index contributed by atoms with van der Waals surface area (Å²) in [5, 5.41) is 30.9. The van der Waals surface area contributed by atoms with Gasteiger partial charge in [-0.2, -0.15) is 0 Å². The number of hydrogen-bond donors (Lipinski definition) is 5. The molecular formula is C46H58N4O7. The number of methoxy groups -OCH3 is 2. The zero-order chi connectivity index (χ0) is 40.0. The smallest absolute Gasteiger partial charge is 0.207 e. The summed E-state index contributed by atoms with van der Waals surface area (Å²) in [6, 6.07) is 12.8. The molecule has 2 aliphatic heterocycles. The highest BCUT2D eigenvalue weighted by Crippen LogP contribution is 2.53. The van der Waals surface area contributed by atoms with Crippen LogP contribution in [0.5, 0.6) is 23.0 Å². The molecule has 304 valence electrons. The number of guanidine groups is 1. The number of phenols is 1. The number of likely N-dealkylation sites (N-methyl/N-ethyl adjacent to an activating group) is 1. The van der Waals surface area contributed by atoms with Crippen molar-refractivity contribution < 1.29 is 34.0 Å². The number of ketones is 1. The molecule has 4 bridgehead atoms. The normalized spacial score (nSPS) is 29.5. The molecule has 3 aliphatic carbocycles. The maximum atomic E-state index is 14.7. The van der Waals surface area contributed by atoms with Gasteiger partial charge in [-0.1, -0.05) is 43.2 Å². The van der Waals surface area contributed by atoms with Crippen molar-refractivity contribution in [3.63, 3.8) is 0 Å². The SMILES string of the molecule is CN=C1NC#CC[C@@H]2CCC[C@@]2(Cc2ccc(O)c(OC)c2)C(=O)/C=C/CC2(CCCC2)c2cc(c3c(c2)O[C@]2(CNC)C[C@H](CC#CO3)[C@@H](C[C@H](O)OC)C2)N1. The minimum Gasteiger partial charge on any atom is -0.504 e. The number of aromatic hydroxyl groups is 1. The molecule has 0 saturated heterocycles. The Labute approximate surface area is 337 Å². The Morgan fingerprint density at radius 2 is 1.93 bits per heavy atom.